The van der Waals surface area contributed by atoms with Gasteiger partial charge in [-0.25, -0.2) is 4.98 Å². The third-order valence-electron chi connectivity index (χ3n) is 3.30. The third-order valence-corrected chi connectivity index (χ3v) is 4.44. The molecule has 2 aromatic rings. The van der Waals surface area contributed by atoms with Crippen LogP contribution in [0.25, 0.3) is 0 Å². The highest BCUT2D eigenvalue weighted by molar-refractivity contribution is 7.14. The number of hydrogen-bond donors (Lipinski definition) is 0. The van der Waals surface area contributed by atoms with Crippen molar-refractivity contribution in [3.63, 3.8) is 0 Å². The summed E-state index contributed by atoms with van der Waals surface area (Å²) < 4.78 is 0. The van der Waals surface area contributed by atoms with Crippen molar-refractivity contribution in [2.24, 2.45) is 0 Å². The zero-order valence-electron chi connectivity index (χ0n) is 10.3. The van der Waals surface area contributed by atoms with Crippen LogP contribution in [0.1, 0.15) is 21.6 Å². The van der Waals surface area contributed by atoms with E-state index in [1.807, 2.05) is 0 Å². The molecule has 0 saturated heterocycles. The lowest BCUT2D eigenvalue weighted by atomic mass is 10.0. The van der Waals surface area contributed by atoms with Gasteiger partial charge in [-0.15, -0.1) is 22.9 Å². The molecule has 0 radical (unpaired) electrons. The Balaban J connectivity index is 1.81. The average Bonchev–Trinajstić information content (AvgIpc) is 2.95. The second kappa shape index (κ2) is 5.31. The van der Waals surface area contributed by atoms with Crippen LogP contribution in [-0.2, 0) is 13.0 Å². The average molecular weight is 293 g/mol. The first-order valence-electron chi connectivity index (χ1n) is 6.14. The summed E-state index contributed by atoms with van der Waals surface area (Å²) in [5, 5.41) is 2.70. The molecule has 0 atom stereocenters. The van der Waals surface area contributed by atoms with E-state index < -0.39 is 0 Å². The van der Waals surface area contributed by atoms with Crippen molar-refractivity contribution in [1.29, 1.82) is 0 Å². The van der Waals surface area contributed by atoms with Gasteiger partial charge < -0.3 is 4.90 Å². The number of rotatable bonds is 3. The van der Waals surface area contributed by atoms with Crippen LogP contribution in [0.2, 0.25) is 0 Å². The Labute approximate surface area is 120 Å². The van der Waals surface area contributed by atoms with Gasteiger partial charge in [-0.2, -0.15) is 0 Å². The summed E-state index contributed by atoms with van der Waals surface area (Å²) >= 11 is 7.06. The minimum absolute atomic E-state index is 0.00793. The number of halogens is 1. The Hall–Kier alpha value is -1.39. The number of fused-ring (bicyclic) bond motifs is 1. The van der Waals surface area contributed by atoms with Gasteiger partial charge in [-0.1, -0.05) is 24.3 Å². The number of thiazole rings is 1. The van der Waals surface area contributed by atoms with E-state index in [2.05, 4.69) is 34.1 Å². The summed E-state index contributed by atoms with van der Waals surface area (Å²) in [7, 11) is 0. The highest BCUT2D eigenvalue weighted by atomic mass is 35.5. The highest BCUT2D eigenvalue weighted by Gasteiger charge is 2.19. The van der Waals surface area contributed by atoms with Gasteiger partial charge in [0.25, 0.3) is 0 Å². The lowest BCUT2D eigenvalue weighted by Crippen LogP contribution is -2.30. The lowest BCUT2D eigenvalue weighted by molar-refractivity contribution is 0.101. The monoisotopic (exact) mass is 292 g/mol. The number of hydrogen-bond acceptors (Lipinski definition) is 4. The van der Waals surface area contributed by atoms with E-state index in [0.717, 1.165) is 24.6 Å². The third kappa shape index (κ3) is 2.51. The smallest absolute Gasteiger partial charge is 0.196 e. The van der Waals surface area contributed by atoms with Crippen LogP contribution in [0.5, 0.6) is 0 Å². The standard InChI is InChI=1S/C14H13ClN2OS/c15-7-13(18)12-9-19-14(16-12)17-6-5-10-3-1-2-4-11(10)8-17/h1-4,9H,5-8H2. The Kier molecular flexibility index (Phi) is 3.53. The quantitative estimate of drug-likeness (QED) is 0.644. The maximum Gasteiger partial charge on any atom is 0.196 e. The first kappa shape index (κ1) is 12.6. The van der Waals surface area contributed by atoms with Crippen molar-refractivity contribution in [2.75, 3.05) is 17.3 Å². The van der Waals surface area contributed by atoms with Gasteiger partial charge >= 0.3 is 0 Å². The van der Waals surface area contributed by atoms with Gasteiger partial charge in [0.15, 0.2) is 10.9 Å². The molecule has 1 aromatic heterocycles. The molecule has 0 bridgehead atoms. The summed E-state index contributed by atoms with van der Waals surface area (Å²) in [6.45, 7) is 1.80. The van der Waals surface area contributed by atoms with Crippen LogP contribution in [0, 0.1) is 0 Å². The molecule has 3 rings (SSSR count). The number of nitrogens with zero attached hydrogens (tertiary/aromatic N) is 2. The predicted octanol–water partition coefficient (Wildman–Crippen LogP) is 3.13. The summed E-state index contributed by atoms with van der Waals surface area (Å²) in [5.41, 5.74) is 3.23. The fourth-order valence-corrected chi connectivity index (χ4v) is 3.26. The van der Waals surface area contributed by atoms with Crippen LogP contribution >= 0.6 is 22.9 Å². The lowest BCUT2D eigenvalue weighted by Gasteiger charge is -2.28. The molecular formula is C14H13ClN2OS. The zero-order chi connectivity index (χ0) is 13.2. The molecule has 0 fully saturated rings. The van der Waals surface area contributed by atoms with E-state index in [9.17, 15) is 4.79 Å². The van der Waals surface area contributed by atoms with Gasteiger partial charge in [-0.3, -0.25) is 4.79 Å². The largest absolute Gasteiger partial charge is 0.343 e. The molecule has 5 heteroatoms. The Bertz CT molecular complexity index is 611. The zero-order valence-corrected chi connectivity index (χ0v) is 11.9. The molecule has 1 aliphatic rings. The molecular weight excluding hydrogens is 280 g/mol. The van der Waals surface area contributed by atoms with E-state index >= 15 is 0 Å². The number of aromatic nitrogens is 1. The number of alkyl halides is 1. The van der Waals surface area contributed by atoms with Crippen molar-refractivity contribution < 1.29 is 4.79 Å². The molecule has 0 amide bonds. The Morgan fingerprint density at radius 1 is 1.37 bits per heavy atom. The van der Waals surface area contributed by atoms with Crippen molar-refractivity contribution >= 4 is 33.9 Å². The van der Waals surface area contributed by atoms with Crippen molar-refractivity contribution in [2.45, 2.75) is 13.0 Å². The Morgan fingerprint density at radius 3 is 2.95 bits per heavy atom. The second-order valence-corrected chi connectivity index (χ2v) is 5.62. The van der Waals surface area contributed by atoms with Crippen molar-refractivity contribution in [1.82, 2.24) is 4.98 Å². The molecule has 0 aliphatic carbocycles. The summed E-state index contributed by atoms with van der Waals surface area (Å²) in [5.74, 6) is -0.118. The highest BCUT2D eigenvalue weighted by Crippen LogP contribution is 2.27. The first-order chi connectivity index (χ1) is 9.28. The molecule has 2 heterocycles. The molecule has 0 N–H and O–H groups in total. The second-order valence-electron chi connectivity index (χ2n) is 4.51. The molecule has 0 unspecified atom stereocenters. The van der Waals surface area contributed by atoms with Crippen molar-refractivity contribution in [3.05, 3.63) is 46.5 Å². The minimum Gasteiger partial charge on any atom is -0.343 e. The molecule has 19 heavy (non-hydrogen) atoms. The number of carbonyl (C=O) groups is 1. The van der Waals surface area contributed by atoms with Crippen LogP contribution in [0.4, 0.5) is 5.13 Å². The molecule has 0 saturated carbocycles. The van der Waals surface area contributed by atoms with Gasteiger partial charge in [0.1, 0.15) is 5.69 Å². The number of benzene rings is 1. The molecule has 0 spiro atoms. The number of anilines is 1. The minimum atomic E-state index is -0.110. The number of Topliss-reactive ketones (excluding diaryl/α,β-unsaturated/α-hetero) is 1. The van der Waals surface area contributed by atoms with Gasteiger partial charge in [0.2, 0.25) is 0 Å². The fourth-order valence-electron chi connectivity index (χ4n) is 2.27. The SMILES string of the molecule is O=C(CCl)c1csc(N2CCc3ccccc3C2)n1. The van der Waals surface area contributed by atoms with E-state index in [0.29, 0.717) is 5.69 Å². The van der Waals surface area contributed by atoms with Crippen molar-refractivity contribution in [3.8, 4) is 0 Å². The molecule has 3 nitrogen and oxygen atoms in total. The maximum absolute atomic E-state index is 11.5. The topological polar surface area (TPSA) is 33.2 Å². The summed E-state index contributed by atoms with van der Waals surface area (Å²) in [6.07, 6.45) is 1.02. The molecule has 1 aliphatic heterocycles. The molecule has 1 aromatic carbocycles. The van der Waals surface area contributed by atoms with E-state index in [-0.39, 0.29) is 11.7 Å². The van der Waals surface area contributed by atoms with Crippen LogP contribution < -0.4 is 4.90 Å². The molecule has 98 valence electrons. The normalized spacial score (nSPS) is 14.3. The van der Waals surface area contributed by atoms with E-state index in [1.165, 1.54) is 22.5 Å². The van der Waals surface area contributed by atoms with Gasteiger partial charge in [-0.05, 0) is 17.5 Å². The van der Waals surface area contributed by atoms with E-state index in [1.54, 1.807) is 5.38 Å². The number of carbonyl (C=O) groups excluding carboxylic acids is 1. The number of ketones is 1. The van der Waals surface area contributed by atoms with E-state index in [4.69, 9.17) is 11.6 Å². The van der Waals surface area contributed by atoms with Crippen LogP contribution in [-0.4, -0.2) is 23.2 Å². The summed E-state index contributed by atoms with van der Waals surface area (Å²) in [6, 6.07) is 8.47. The van der Waals surface area contributed by atoms with Gasteiger partial charge in [0, 0.05) is 18.5 Å². The van der Waals surface area contributed by atoms with Crippen LogP contribution in [0.15, 0.2) is 29.6 Å². The summed E-state index contributed by atoms with van der Waals surface area (Å²) in [4.78, 5) is 18.1. The first-order valence-corrected chi connectivity index (χ1v) is 7.56. The van der Waals surface area contributed by atoms with Crippen LogP contribution in [0.3, 0.4) is 0 Å². The predicted molar refractivity (Wildman–Crippen MR) is 78.4 cm³/mol. The van der Waals surface area contributed by atoms with Gasteiger partial charge in [0.05, 0.1) is 5.88 Å². The Morgan fingerprint density at radius 2 is 2.16 bits per heavy atom. The fraction of sp³-hybridized carbons (Fsp3) is 0.286. The maximum atomic E-state index is 11.5.